The van der Waals surface area contributed by atoms with Gasteiger partial charge in [-0.3, -0.25) is 4.99 Å². The van der Waals surface area contributed by atoms with E-state index < -0.39 is 0 Å². The molecular formula is C4H9N2. The fraction of sp³-hybridized carbons (Fsp3) is 0.500. The molecule has 0 saturated heterocycles. The van der Waals surface area contributed by atoms with Crippen molar-refractivity contribution in [3.63, 3.8) is 0 Å². The van der Waals surface area contributed by atoms with E-state index in [1.807, 2.05) is 0 Å². The molecule has 0 heterocycles. The van der Waals surface area contributed by atoms with Crippen LogP contribution in [0.1, 0.15) is 0 Å². The van der Waals surface area contributed by atoms with Crippen molar-refractivity contribution in [2.24, 2.45) is 10.7 Å². The number of hydrogen-bond acceptors (Lipinski definition) is 2. The Bertz CT molecular complexity index is 34.8. The molecule has 0 unspecified atom stereocenters. The van der Waals surface area contributed by atoms with E-state index in [9.17, 15) is 0 Å². The number of nitrogens with two attached hydrogens (primary N) is 1. The Kier molecular flexibility index (Phi) is 4.34. The van der Waals surface area contributed by atoms with Gasteiger partial charge in [0.25, 0.3) is 0 Å². The summed E-state index contributed by atoms with van der Waals surface area (Å²) in [5.41, 5.74) is 5.04. The molecule has 2 nitrogen and oxygen atoms in total. The van der Waals surface area contributed by atoms with Gasteiger partial charge in [-0.1, -0.05) is 0 Å². The van der Waals surface area contributed by atoms with Crippen molar-refractivity contribution in [3.8, 4) is 0 Å². The fourth-order valence-electron chi connectivity index (χ4n) is 0.166. The minimum Gasteiger partial charge on any atom is -0.326 e. The largest absolute Gasteiger partial charge is 0.326 e. The summed E-state index contributed by atoms with van der Waals surface area (Å²) in [5.74, 6) is 0. The predicted molar refractivity (Wildman–Crippen MR) is 27.8 cm³/mol. The van der Waals surface area contributed by atoms with E-state index in [1.165, 1.54) is 0 Å². The number of aliphatic imine (C=N–C) groups is 1. The molecule has 35 valence electrons. The van der Waals surface area contributed by atoms with Crippen LogP contribution in [0.25, 0.3) is 0 Å². The van der Waals surface area contributed by atoms with Crippen LogP contribution in [0.15, 0.2) is 4.99 Å². The second-order valence-corrected chi connectivity index (χ2v) is 0.824. The van der Waals surface area contributed by atoms with E-state index in [0.717, 1.165) is 0 Å². The lowest BCUT2D eigenvalue weighted by Gasteiger charge is -1.74. The maximum absolute atomic E-state index is 5.04. The second kappa shape index (κ2) is 4.63. The molecule has 0 aromatic carbocycles. The van der Waals surface area contributed by atoms with Crippen molar-refractivity contribution in [1.29, 1.82) is 0 Å². The van der Waals surface area contributed by atoms with Gasteiger partial charge >= 0.3 is 0 Å². The summed E-state index contributed by atoms with van der Waals surface area (Å²) in [5, 5.41) is 0. The van der Waals surface area contributed by atoms with Gasteiger partial charge in [0.05, 0.1) is 0 Å². The van der Waals surface area contributed by atoms with Crippen molar-refractivity contribution in [2.75, 3.05) is 13.1 Å². The Morgan fingerprint density at radius 1 is 1.83 bits per heavy atom. The minimum absolute atomic E-state index is 0.523. The Morgan fingerprint density at radius 2 is 2.50 bits per heavy atom. The standard InChI is InChI=1S/C4H9N2/c1-2-6-4-3-5/h4H,1-3,5H2. The summed E-state index contributed by atoms with van der Waals surface area (Å²) >= 11 is 0. The molecule has 0 aromatic rings. The maximum Gasteiger partial charge on any atom is 0.0386 e. The van der Waals surface area contributed by atoms with Crippen LogP contribution in [0.4, 0.5) is 0 Å². The average molecular weight is 85.1 g/mol. The topological polar surface area (TPSA) is 38.4 Å². The fourth-order valence-corrected chi connectivity index (χ4v) is 0.166. The molecule has 0 rings (SSSR count). The number of rotatable bonds is 2. The molecule has 0 amide bonds. The van der Waals surface area contributed by atoms with Gasteiger partial charge in [-0.05, 0) is 6.92 Å². The summed E-state index contributed by atoms with van der Waals surface area (Å²) < 4.78 is 0. The molecule has 2 heteroatoms. The summed E-state index contributed by atoms with van der Waals surface area (Å²) in [7, 11) is 0. The van der Waals surface area contributed by atoms with Gasteiger partial charge in [0.15, 0.2) is 0 Å². The average Bonchev–Trinajstić information content (AvgIpc) is 1.61. The van der Waals surface area contributed by atoms with E-state index in [4.69, 9.17) is 5.73 Å². The lowest BCUT2D eigenvalue weighted by atomic mass is 10.7. The second-order valence-electron chi connectivity index (χ2n) is 0.824. The van der Waals surface area contributed by atoms with Gasteiger partial charge in [-0.25, -0.2) is 0 Å². The van der Waals surface area contributed by atoms with Crippen molar-refractivity contribution in [2.45, 2.75) is 0 Å². The van der Waals surface area contributed by atoms with Crippen molar-refractivity contribution in [1.82, 2.24) is 0 Å². The monoisotopic (exact) mass is 85.1 g/mol. The van der Waals surface area contributed by atoms with E-state index >= 15 is 0 Å². The van der Waals surface area contributed by atoms with Crippen LogP contribution >= 0.6 is 0 Å². The van der Waals surface area contributed by atoms with Gasteiger partial charge < -0.3 is 5.73 Å². The quantitative estimate of drug-likeness (QED) is 0.465. The first-order chi connectivity index (χ1) is 2.91. The Balaban J connectivity index is 2.73. The molecular weight excluding hydrogens is 76.1 g/mol. The predicted octanol–water partition coefficient (Wildman–Crippen LogP) is -0.150. The van der Waals surface area contributed by atoms with Crippen molar-refractivity contribution < 1.29 is 0 Å². The van der Waals surface area contributed by atoms with Gasteiger partial charge in [0, 0.05) is 19.3 Å². The lowest BCUT2D eigenvalue weighted by molar-refractivity contribution is 1.22. The third-order valence-electron chi connectivity index (χ3n) is 0.364. The molecule has 1 radical (unpaired) electrons. The zero-order chi connectivity index (χ0) is 4.83. The Hall–Kier alpha value is -0.370. The third kappa shape index (κ3) is 3.63. The van der Waals surface area contributed by atoms with Crippen molar-refractivity contribution >= 4 is 6.21 Å². The smallest absolute Gasteiger partial charge is 0.0386 e. The normalized spacial score (nSPS) is 10.3. The van der Waals surface area contributed by atoms with Gasteiger partial charge in [0.2, 0.25) is 0 Å². The van der Waals surface area contributed by atoms with Crippen LogP contribution in [-0.2, 0) is 0 Å². The summed E-state index contributed by atoms with van der Waals surface area (Å²) in [4.78, 5) is 3.73. The van der Waals surface area contributed by atoms with Gasteiger partial charge in [-0.15, -0.1) is 0 Å². The molecule has 0 spiro atoms. The van der Waals surface area contributed by atoms with Crippen LogP contribution in [0.5, 0.6) is 0 Å². The molecule has 0 aliphatic rings. The Morgan fingerprint density at radius 3 is 2.67 bits per heavy atom. The van der Waals surface area contributed by atoms with Crippen molar-refractivity contribution in [3.05, 3.63) is 6.92 Å². The SMILES string of the molecule is [CH2]CN=CCN. The van der Waals surface area contributed by atoms with Gasteiger partial charge in [0.1, 0.15) is 0 Å². The highest BCUT2D eigenvalue weighted by atomic mass is 14.7. The zero-order valence-electron chi connectivity index (χ0n) is 3.72. The molecule has 0 saturated carbocycles. The number of nitrogens with zero attached hydrogens (tertiary/aromatic N) is 1. The lowest BCUT2D eigenvalue weighted by Crippen LogP contribution is -1.98. The highest BCUT2D eigenvalue weighted by molar-refractivity contribution is 5.59. The highest BCUT2D eigenvalue weighted by Gasteiger charge is 1.59. The van der Waals surface area contributed by atoms with E-state index in [1.54, 1.807) is 6.21 Å². The first-order valence-electron chi connectivity index (χ1n) is 1.89. The van der Waals surface area contributed by atoms with E-state index in [2.05, 4.69) is 11.9 Å². The van der Waals surface area contributed by atoms with Crippen LogP contribution in [0.3, 0.4) is 0 Å². The molecule has 6 heavy (non-hydrogen) atoms. The maximum atomic E-state index is 5.04. The zero-order valence-corrected chi connectivity index (χ0v) is 3.72. The molecule has 0 bridgehead atoms. The van der Waals surface area contributed by atoms with E-state index in [0.29, 0.717) is 13.1 Å². The molecule has 0 aliphatic carbocycles. The van der Waals surface area contributed by atoms with Crippen LogP contribution in [0.2, 0.25) is 0 Å². The first-order valence-corrected chi connectivity index (χ1v) is 1.89. The minimum atomic E-state index is 0.523. The molecule has 0 aromatic heterocycles. The Labute approximate surface area is 38.1 Å². The highest BCUT2D eigenvalue weighted by Crippen LogP contribution is 1.56. The number of hydrogen-bond donors (Lipinski definition) is 1. The van der Waals surface area contributed by atoms with Gasteiger partial charge in [-0.2, -0.15) is 0 Å². The van der Waals surface area contributed by atoms with E-state index in [-0.39, 0.29) is 0 Å². The first kappa shape index (κ1) is 5.63. The third-order valence-corrected chi connectivity index (χ3v) is 0.364. The molecule has 0 atom stereocenters. The summed E-state index contributed by atoms with van der Waals surface area (Å²) in [6.07, 6.45) is 1.65. The molecule has 0 aliphatic heterocycles. The summed E-state index contributed by atoms with van der Waals surface area (Å²) in [6.45, 7) is 4.59. The van der Waals surface area contributed by atoms with Crippen LogP contribution in [0, 0.1) is 6.92 Å². The van der Waals surface area contributed by atoms with Crippen LogP contribution < -0.4 is 5.73 Å². The molecule has 0 fully saturated rings. The van der Waals surface area contributed by atoms with Crippen LogP contribution in [-0.4, -0.2) is 19.3 Å². The summed E-state index contributed by atoms with van der Waals surface area (Å²) in [6, 6.07) is 0. The molecule has 2 N–H and O–H groups in total.